The monoisotopic (exact) mass is 457 g/mol. The molecular formula is C27H31N5O2. The Hall–Kier alpha value is -4.00. The van der Waals surface area contributed by atoms with Crippen LogP contribution in [0.5, 0.6) is 11.5 Å². The number of benzene rings is 2. The highest BCUT2D eigenvalue weighted by Crippen LogP contribution is 2.24. The van der Waals surface area contributed by atoms with Crippen LogP contribution >= 0.6 is 0 Å². The van der Waals surface area contributed by atoms with Gasteiger partial charge in [-0.15, -0.1) is 0 Å². The Morgan fingerprint density at radius 1 is 1.06 bits per heavy atom. The molecule has 7 heteroatoms. The third-order valence-electron chi connectivity index (χ3n) is 5.36. The summed E-state index contributed by atoms with van der Waals surface area (Å²) in [5.74, 6) is 1.92. The predicted molar refractivity (Wildman–Crippen MR) is 136 cm³/mol. The molecule has 0 bridgehead atoms. The molecule has 0 spiro atoms. The minimum atomic E-state index is 0.00885. The number of anilines is 1. The van der Waals surface area contributed by atoms with E-state index in [-0.39, 0.29) is 5.91 Å². The van der Waals surface area contributed by atoms with Gasteiger partial charge in [0.15, 0.2) is 0 Å². The quantitative estimate of drug-likeness (QED) is 0.271. The second-order valence-electron chi connectivity index (χ2n) is 7.81. The highest BCUT2D eigenvalue weighted by molar-refractivity contribution is 6.15. The van der Waals surface area contributed by atoms with Crippen molar-refractivity contribution in [1.82, 2.24) is 14.9 Å². The molecule has 1 aromatic heterocycles. The van der Waals surface area contributed by atoms with Crippen molar-refractivity contribution < 1.29 is 9.53 Å². The first-order chi connectivity index (χ1) is 16.5. The average molecular weight is 458 g/mol. The van der Waals surface area contributed by atoms with Gasteiger partial charge < -0.3 is 15.4 Å². The van der Waals surface area contributed by atoms with Crippen LogP contribution in [-0.2, 0) is 11.2 Å². The molecule has 0 saturated heterocycles. The Morgan fingerprint density at radius 2 is 1.76 bits per heavy atom. The summed E-state index contributed by atoms with van der Waals surface area (Å²) in [4.78, 5) is 26.8. The molecule has 7 nitrogen and oxygen atoms in total. The molecule has 2 aromatic carbocycles. The SMILES string of the molecule is C/C=C/C(=O)N(C)CCCCc1ncnc(N)c1C(=NC)c1ccc(Oc2ccccc2)cc1. The van der Waals surface area contributed by atoms with Gasteiger partial charge in [-0.05, 0) is 68.7 Å². The van der Waals surface area contributed by atoms with Crippen LogP contribution in [0.25, 0.3) is 0 Å². The molecule has 0 atom stereocenters. The number of likely N-dealkylation sites (N-methyl/N-ethyl adjacent to an activating group) is 1. The average Bonchev–Trinajstić information content (AvgIpc) is 2.85. The van der Waals surface area contributed by atoms with Gasteiger partial charge in [0.05, 0.1) is 17.0 Å². The van der Waals surface area contributed by atoms with Crippen molar-refractivity contribution in [1.29, 1.82) is 0 Å². The van der Waals surface area contributed by atoms with E-state index in [4.69, 9.17) is 10.5 Å². The third kappa shape index (κ3) is 6.51. The van der Waals surface area contributed by atoms with Gasteiger partial charge in [-0.3, -0.25) is 9.79 Å². The van der Waals surface area contributed by atoms with Gasteiger partial charge in [0.1, 0.15) is 23.6 Å². The van der Waals surface area contributed by atoms with Crippen LogP contribution in [0.1, 0.15) is 36.6 Å². The second-order valence-corrected chi connectivity index (χ2v) is 7.81. The number of allylic oxidation sites excluding steroid dienone is 1. The van der Waals surface area contributed by atoms with Crippen LogP contribution in [0, 0.1) is 0 Å². The number of para-hydroxylation sites is 1. The maximum absolute atomic E-state index is 11.9. The highest BCUT2D eigenvalue weighted by Gasteiger charge is 2.17. The van der Waals surface area contributed by atoms with E-state index in [0.29, 0.717) is 18.8 Å². The van der Waals surface area contributed by atoms with E-state index in [1.807, 2.05) is 68.6 Å². The fourth-order valence-electron chi connectivity index (χ4n) is 3.60. The Balaban J connectivity index is 1.72. The summed E-state index contributed by atoms with van der Waals surface area (Å²) in [5.41, 5.74) is 9.51. The van der Waals surface area contributed by atoms with Crippen molar-refractivity contribution in [2.75, 3.05) is 26.4 Å². The molecule has 0 saturated carbocycles. The zero-order chi connectivity index (χ0) is 24.3. The topological polar surface area (TPSA) is 93.7 Å². The summed E-state index contributed by atoms with van der Waals surface area (Å²) >= 11 is 0. The third-order valence-corrected chi connectivity index (χ3v) is 5.36. The van der Waals surface area contributed by atoms with Gasteiger partial charge in [-0.2, -0.15) is 0 Å². The molecule has 1 amide bonds. The minimum Gasteiger partial charge on any atom is -0.457 e. The molecule has 0 fully saturated rings. The van der Waals surface area contributed by atoms with E-state index in [1.54, 1.807) is 24.1 Å². The van der Waals surface area contributed by atoms with E-state index in [9.17, 15) is 4.79 Å². The largest absolute Gasteiger partial charge is 0.457 e. The first kappa shape index (κ1) is 24.6. The molecule has 34 heavy (non-hydrogen) atoms. The van der Waals surface area contributed by atoms with Crippen LogP contribution in [-0.4, -0.2) is 47.1 Å². The predicted octanol–water partition coefficient (Wildman–Crippen LogP) is 4.68. The molecule has 0 aliphatic rings. The fraction of sp³-hybridized carbons (Fsp3) is 0.259. The van der Waals surface area contributed by atoms with E-state index in [1.165, 1.54) is 6.33 Å². The number of nitrogens with two attached hydrogens (primary N) is 1. The number of aliphatic imine (C=N–C) groups is 1. The lowest BCUT2D eigenvalue weighted by Gasteiger charge is -2.16. The molecule has 2 N–H and O–H groups in total. The van der Waals surface area contributed by atoms with Crippen LogP contribution in [0.2, 0.25) is 0 Å². The van der Waals surface area contributed by atoms with Gasteiger partial charge in [-0.1, -0.05) is 24.3 Å². The maximum atomic E-state index is 11.9. The first-order valence-corrected chi connectivity index (χ1v) is 11.3. The Labute approximate surface area is 201 Å². The van der Waals surface area contributed by atoms with Crippen LogP contribution in [0.3, 0.4) is 0 Å². The lowest BCUT2D eigenvalue weighted by Crippen LogP contribution is -2.25. The number of amides is 1. The van der Waals surface area contributed by atoms with Crippen molar-refractivity contribution >= 4 is 17.4 Å². The number of nitrogen functional groups attached to an aromatic ring is 1. The molecule has 0 unspecified atom stereocenters. The van der Waals surface area contributed by atoms with Crippen LogP contribution in [0.4, 0.5) is 5.82 Å². The molecular weight excluding hydrogens is 426 g/mol. The van der Waals surface area contributed by atoms with Gasteiger partial charge in [0.2, 0.25) is 5.91 Å². The summed E-state index contributed by atoms with van der Waals surface area (Å²) in [6.07, 6.45) is 7.23. The normalized spacial score (nSPS) is 11.6. The number of carbonyl (C=O) groups excluding carboxylic acids is 1. The van der Waals surface area contributed by atoms with Crippen LogP contribution < -0.4 is 10.5 Å². The van der Waals surface area contributed by atoms with E-state index in [2.05, 4.69) is 15.0 Å². The van der Waals surface area contributed by atoms with E-state index >= 15 is 0 Å². The number of aromatic nitrogens is 2. The number of carbonyl (C=O) groups is 1. The second kappa shape index (κ2) is 12.3. The maximum Gasteiger partial charge on any atom is 0.245 e. The lowest BCUT2D eigenvalue weighted by molar-refractivity contribution is -0.124. The first-order valence-electron chi connectivity index (χ1n) is 11.3. The minimum absolute atomic E-state index is 0.00885. The van der Waals surface area contributed by atoms with E-state index < -0.39 is 0 Å². The van der Waals surface area contributed by atoms with Crippen LogP contribution in [0.15, 0.2) is 78.1 Å². The summed E-state index contributed by atoms with van der Waals surface area (Å²) in [6.45, 7) is 2.51. The van der Waals surface area contributed by atoms with Crippen molar-refractivity contribution in [3.63, 3.8) is 0 Å². The van der Waals surface area contributed by atoms with E-state index in [0.717, 1.165) is 46.9 Å². The Bertz CT molecular complexity index is 1140. The van der Waals surface area contributed by atoms with Gasteiger partial charge in [0.25, 0.3) is 0 Å². The summed E-state index contributed by atoms with van der Waals surface area (Å²) < 4.78 is 5.90. The fourth-order valence-corrected chi connectivity index (χ4v) is 3.60. The number of aryl methyl sites for hydroxylation is 1. The number of nitrogens with zero attached hydrogens (tertiary/aromatic N) is 4. The molecule has 3 rings (SSSR count). The zero-order valence-corrected chi connectivity index (χ0v) is 19.9. The Morgan fingerprint density at radius 3 is 2.44 bits per heavy atom. The zero-order valence-electron chi connectivity index (χ0n) is 19.9. The standard InChI is InChI=1S/C27H31N5O2/c1-4-10-24(33)32(3)18-9-8-13-23-25(27(28)31-19-30-23)26(29-2)20-14-16-22(17-15-20)34-21-11-6-5-7-12-21/h4-7,10-12,14-17,19H,8-9,13,18H2,1-3H3,(H2,28,30,31)/b10-4+,29-26?. The summed E-state index contributed by atoms with van der Waals surface area (Å²) in [7, 11) is 3.55. The van der Waals surface area contributed by atoms with Gasteiger partial charge >= 0.3 is 0 Å². The summed E-state index contributed by atoms with van der Waals surface area (Å²) in [5, 5.41) is 0. The van der Waals surface area contributed by atoms with Crippen molar-refractivity contribution in [3.05, 3.63) is 89.9 Å². The smallest absolute Gasteiger partial charge is 0.245 e. The molecule has 0 radical (unpaired) electrons. The lowest BCUT2D eigenvalue weighted by atomic mass is 9.98. The van der Waals surface area contributed by atoms with Crippen molar-refractivity contribution in [2.24, 2.45) is 4.99 Å². The molecule has 1 heterocycles. The van der Waals surface area contributed by atoms with Gasteiger partial charge in [0, 0.05) is 26.2 Å². The molecule has 0 aliphatic heterocycles. The number of unbranched alkanes of at least 4 members (excludes halogenated alkanes) is 1. The van der Waals surface area contributed by atoms with Crippen molar-refractivity contribution in [2.45, 2.75) is 26.2 Å². The highest BCUT2D eigenvalue weighted by atomic mass is 16.5. The van der Waals surface area contributed by atoms with Gasteiger partial charge in [-0.25, -0.2) is 9.97 Å². The molecule has 176 valence electrons. The summed E-state index contributed by atoms with van der Waals surface area (Å²) in [6, 6.07) is 17.4. The molecule has 3 aromatic rings. The number of rotatable bonds is 10. The number of ether oxygens (including phenoxy) is 1. The number of hydrogen-bond acceptors (Lipinski definition) is 6. The van der Waals surface area contributed by atoms with Crippen molar-refractivity contribution in [3.8, 4) is 11.5 Å². The Kier molecular flexibility index (Phi) is 8.91. The number of hydrogen-bond donors (Lipinski definition) is 1. The molecule has 0 aliphatic carbocycles.